The maximum absolute atomic E-state index is 12.2. The van der Waals surface area contributed by atoms with Gasteiger partial charge in [0.25, 0.3) is 5.91 Å². The van der Waals surface area contributed by atoms with Gasteiger partial charge in [-0.05, 0) is 48.5 Å². The molecule has 3 rings (SSSR count). The summed E-state index contributed by atoms with van der Waals surface area (Å²) in [5.41, 5.74) is 1.87. The van der Waals surface area contributed by atoms with Crippen molar-refractivity contribution < 1.29 is 27.4 Å². The number of hydrogen-bond acceptors (Lipinski definition) is 4. The summed E-state index contributed by atoms with van der Waals surface area (Å²) in [5, 5.41) is 2.71. The first-order valence-electron chi connectivity index (χ1n) is 8.01. The highest BCUT2D eigenvalue weighted by atomic mass is 19.4. The van der Waals surface area contributed by atoms with E-state index in [2.05, 4.69) is 15.0 Å². The summed E-state index contributed by atoms with van der Waals surface area (Å²) in [6.07, 6.45) is -4.76. The average Bonchev–Trinajstić information content (AvgIpc) is 2.62. The second-order valence-electron chi connectivity index (χ2n) is 5.67. The zero-order valence-corrected chi connectivity index (χ0v) is 13.8. The molecule has 0 saturated carbocycles. The Labute approximate surface area is 148 Å². The third-order valence-electron chi connectivity index (χ3n) is 3.85. The summed E-state index contributed by atoms with van der Waals surface area (Å²) >= 11 is 0. The van der Waals surface area contributed by atoms with Gasteiger partial charge in [-0.3, -0.25) is 4.79 Å². The average molecular weight is 366 g/mol. The molecule has 0 atom stereocenters. The third kappa shape index (κ3) is 4.89. The van der Waals surface area contributed by atoms with Crippen LogP contribution in [0.2, 0.25) is 0 Å². The molecule has 8 heteroatoms. The summed E-state index contributed by atoms with van der Waals surface area (Å²) in [6, 6.07) is 12.1. The molecule has 1 saturated heterocycles. The minimum atomic E-state index is -4.76. The van der Waals surface area contributed by atoms with Crippen molar-refractivity contribution in [3.63, 3.8) is 0 Å². The normalized spacial score (nSPS) is 14.8. The van der Waals surface area contributed by atoms with Gasteiger partial charge in [0.05, 0.1) is 13.2 Å². The van der Waals surface area contributed by atoms with E-state index in [0.29, 0.717) is 18.9 Å². The number of rotatable bonds is 4. The highest BCUT2D eigenvalue weighted by Crippen LogP contribution is 2.23. The maximum Gasteiger partial charge on any atom is 0.573 e. The van der Waals surface area contributed by atoms with E-state index in [1.807, 2.05) is 12.1 Å². The molecule has 5 nitrogen and oxygen atoms in total. The first kappa shape index (κ1) is 18.1. The molecule has 0 spiro atoms. The number of halogens is 3. The molecule has 0 aromatic heterocycles. The Balaban J connectivity index is 1.60. The van der Waals surface area contributed by atoms with Gasteiger partial charge in [-0.15, -0.1) is 13.2 Å². The molecule has 1 amide bonds. The van der Waals surface area contributed by atoms with E-state index in [1.165, 1.54) is 12.1 Å². The van der Waals surface area contributed by atoms with Gasteiger partial charge >= 0.3 is 6.36 Å². The summed E-state index contributed by atoms with van der Waals surface area (Å²) in [6.45, 7) is 3.01. The molecule has 138 valence electrons. The Morgan fingerprint density at radius 2 is 1.62 bits per heavy atom. The van der Waals surface area contributed by atoms with Crippen LogP contribution in [-0.4, -0.2) is 38.6 Å². The van der Waals surface area contributed by atoms with Crippen LogP contribution < -0.4 is 15.0 Å². The monoisotopic (exact) mass is 366 g/mol. The smallest absolute Gasteiger partial charge is 0.406 e. The van der Waals surface area contributed by atoms with Crippen LogP contribution >= 0.6 is 0 Å². The Bertz CT molecular complexity index is 740. The van der Waals surface area contributed by atoms with Crippen molar-refractivity contribution >= 4 is 17.3 Å². The SMILES string of the molecule is O=C(Nc1ccc(N2CCOCC2)cc1)c1ccc(OC(F)(F)F)cc1. The Morgan fingerprint density at radius 1 is 1.00 bits per heavy atom. The maximum atomic E-state index is 12.2. The van der Waals surface area contributed by atoms with E-state index in [9.17, 15) is 18.0 Å². The highest BCUT2D eigenvalue weighted by Gasteiger charge is 2.31. The number of nitrogens with one attached hydrogen (secondary N) is 1. The first-order chi connectivity index (χ1) is 12.4. The number of morpholine rings is 1. The Morgan fingerprint density at radius 3 is 2.19 bits per heavy atom. The van der Waals surface area contributed by atoms with Crippen LogP contribution in [0.15, 0.2) is 48.5 Å². The molecule has 1 aliphatic heterocycles. The Hall–Kier alpha value is -2.74. The molecule has 0 bridgehead atoms. The van der Waals surface area contributed by atoms with E-state index < -0.39 is 12.3 Å². The largest absolute Gasteiger partial charge is 0.573 e. The minimum Gasteiger partial charge on any atom is -0.406 e. The lowest BCUT2D eigenvalue weighted by Gasteiger charge is -2.28. The number of nitrogens with zero attached hydrogens (tertiary/aromatic N) is 1. The molecular weight excluding hydrogens is 349 g/mol. The summed E-state index contributed by atoms with van der Waals surface area (Å²) in [7, 11) is 0. The van der Waals surface area contributed by atoms with E-state index in [-0.39, 0.29) is 11.3 Å². The molecule has 2 aromatic rings. The highest BCUT2D eigenvalue weighted by molar-refractivity contribution is 6.04. The van der Waals surface area contributed by atoms with Crippen LogP contribution in [0, 0.1) is 0 Å². The van der Waals surface area contributed by atoms with Gasteiger partial charge in [0.2, 0.25) is 0 Å². The summed E-state index contributed by atoms with van der Waals surface area (Å²) in [4.78, 5) is 14.4. The van der Waals surface area contributed by atoms with Gasteiger partial charge in [0.1, 0.15) is 5.75 Å². The number of carbonyl (C=O) groups excluding carboxylic acids is 1. The van der Waals surface area contributed by atoms with E-state index >= 15 is 0 Å². The molecular formula is C18H17F3N2O3. The first-order valence-corrected chi connectivity index (χ1v) is 8.01. The van der Waals surface area contributed by atoms with Crippen LogP contribution in [0.25, 0.3) is 0 Å². The van der Waals surface area contributed by atoms with Crippen molar-refractivity contribution in [2.75, 3.05) is 36.5 Å². The van der Waals surface area contributed by atoms with Crippen molar-refractivity contribution in [3.05, 3.63) is 54.1 Å². The van der Waals surface area contributed by atoms with Crippen LogP contribution in [0.3, 0.4) is 0 Å². The molecule has 2 aromatic carbocycles. The van der Waals surface area contributed by atoms with Gasteiger partial charge in [-0.2, -0.15) is 0 Å². The zero-order valence-electron chi connectivity index (χ0n) is 13.8. The minimum absolute atomic E-state index is 0.233. The third-order valence-corrected chi connectivity index (χ3v) is 3.85. The van der Waals surface area contributed by atoms with Crippen LogP contribution in [0.5, 0.6) is 5.75 Å². The van der Waals surface area contributed by atoms with Crippen molar-refractivity contribution in [1.29, 1.82) is 0 Å². The fraction of sp³-hybridized carbons (Fsp3) is 0.278. The van der Waals surface area contributed by atoms with Gasteiger partial charge in [-0.25, -0.2) is 0 Å². The summed E-state index contributed by atoms with van der Waals surface area (Å²) < 4.78 is 45.5. The van der Waals surface area contributed by atoms with Crippen LogP contribution in [0.4, 0.5) is 24.5 Å². The molecule has 1 heterocycles. The fourth-order valence-corrected chi connectivity index (χ4v) is 2.59. The van der Waals surface area contributed by atoms with Gasteiger partial charge < -0.3 is 19.7 Å². The second-order valence-corrected chi connectivity index (χ2v) is 5.67. The number of amides is 1. The van der Waals surface area contributed by atoms with Crippen LogP contribution in [0.1, 0.15) is 10.4 Å². The lowest BCUT2D eigenvalue weighted by Crippen LogP contribution is -2.36. The van der Waals surface area contributed by atoms with E-state index in [1.54, 1.807) is 12.1 Å². The molecule has 26 heavy (non-hydrogen) atoms. The number of carbonyl (C=O) groups is 1. The van der Waals surface area contributed by atoms with Crippen LogP contribution in [-0.2, 0) is 4.74 Å². The Kier molecular flexibility index (Phi) is 5.32. The van der Waals surface area contributed by atoms with E-state index in [0.717, 1.165) is 30.9 Å². The molecule has 0 aliphatic carbocycles. The predicted octanol–water partition coefficient (Wildman–Crippen LogP) is 3.67. The standard InChI is InChI=1S/C18H17F3N2O3/c19-18(20,21)26-16-7-1-13(2-8-16)17(24)22-14-3-5-15(6-4-14)23-9-11-25-12-10-23/h1-8H,9-12H2,(H,22,24). The molecule has 1 N–H and O–H groups in total. The summed E-state index contributed by atoms with van der Waals surface area (Å²) in [5.74, 6) is -0.786. The number of hydrogen-bond donors (Lipinski definition) is 1. The molecule has 0 radical (unpaired) electrons. The van der Waals surface area contributed by atoms with Crippen molar-refractivity contribution in [3.8, 4) is 5.75 Å². The van der Waals surface area contributed by atoms with Gasteiger partial charge in [0.15, 0.2) is 0 Å². The predicted molar refractivity (Wildman–Crippen MR) is 90.6 cm³/mol. The van der Waals surface area contributed by atoms with Crippen molar-refractivity contribution in [2.45, 2.75) is 6.36 Å². The molecule has 1 fully saturated rings. The lowest BCUT2D eigenvalue weighted by molar-refractivity contribution is -0.274. The fourth-order valence-electron chi connectivity index (χ4n) is 2.59. The number of alkyl halides is 3. The van der Waals surface area contributed by atoms with E-state index in [4.69, 9.17) is 4.74 Å². The van der Waals surface area contributed by atoms with Gasteiger partial charge in [-0.1, -0.05) is 0 Å². The van der Waals surface area contributed by atoms with Crippen molar-refractivity contribution in [1.82, 2.24) is 0 Å². The zero-order chi connectivity index (χ0) is 18.6. The topological polar surface area (TPSA) is 50.8 Å². The van der Waals surface area contributed by atoms with Gasteiger partial charge in [0, 0.05) is 30.0 Å². The second kappa shape index (κ2) is 7.65. The number of benzene rings is 2. The lowest BCUT2D eigenvalue weighted by atomic mass is 10.2. The number of ether oxygens (including phenoxy) is 2. The quantitative estimate of drug-likeness (QED) is 0.897. The van der Waals surface area contributed by atoms with Crippen molar-refractivity contribution in [2.24, 2.45) is 0 Å². The molecule has 1 aliphatic rings. The molecule has 0 unspecified atom stereocenters. The number of anilines is 2.